The minimum atomic E-state index is -0.111. The second-order valence-electron chi connectivity index (χ2n) is 4.90. The molecule has 4 heteroatoms. The van der Waals surface area contributed by atoms with Gasteiger partial charge >= 0.3 is 0 Å². The van der Waals surface area contributed by atoms with Gasteiger partial charge in [-0.2, -0.15) is 0 Å². The highest BCUT2D eigenvalue weighted by molar-refractivity contribution is 6.03. The molecule has 2 N–H and O–H groups in total. The zero-order chi connectivity index (χ0) is 14.5. The van der Waals surface area contributed by atoms with Crippen LogP contribution in [0.3, 0.4) is 0 Å². The summed E-state index contributed by atoms with van der Waals surface area (Å²) >= 11 is 0. The van der Waals surface area contributed by atoms with Crippen molar-refractivity contribution in [2.24, 2.45) is 7.05 Å². The average Bonchev–Trinajstić information content (AvgIpc) is 2.77. The normalized spacial score (nSPS) is 10.6. The SMILES string of the molecule is Cc1ccc(C(=O)Nc2cccc(CCCO)c2)n1C. The molecule has 1 aromatic heterocycles. The first-order chi connectivity index (χ1) is 9.61. The molecule has 2 rings (SSSR count). The van der Waals surface area contributed by atoms with Gasteiger partial charge in [0.2, 0.25) is 0 Å². The molecule has 0 unspecified atom stereocenters. The fraction of sp³-hybridized carbons (Fsp3) is 0.312. The Morgan fingerprint density at radius 2 is 2.10 bits per heavy atom. The summed E-state index contributed by atoms with van der Waals surface area (Å²) in [4.78, 5) is 12.2. The highest BCUT2D eigenvalue weighted by Gasteiger charge is 2.11. The lowest BCUT2D eigenvalue weighted by Crippen LogP contribution is -2.16. The van der Waals surface area contributed by atoms with Crippen molar-refractivity contribution in [3.63, 3.8) is 0 Å². The van der Waals surface area contributed by atoms with E-state index in [4.69, 9.17) is 5.11 Å². The van der Waals surface area contributed by atoms with Crippen molar-refractivity contribution in [2.75, 3.05) is 11.9 Å². The fourth-order valence-corrected chi connectivity index (χ4v) is 2.12. The molecule has 0 spiro atoms. The topological polar surface area (TPSA) is 54.3 Å². The van der Waals surface area contributed by atoms with Crippen LogP contribution in [0.5, 0.6) is 0 Å². The maximum absolute atomic E-state index is 12.2. The maximum atomic E-state index is 12.2. The molecule has 1 heterocycles. The number of hydrogen-bond donors (Lipinski definition) is 2. The summed E-state index contributed by atoms with van der Waals surface area (Å²) in [7, 11) is 1.88. The van der Waals surface area contributed by atoms with E-state index in [1.54, 1.807) is 0 Å². The molecule has 0 aliphatic heterocycles. The first kappa shape index (κ1) is 14.3. The van der Waals surface area contributed by atoms with Crippen molar-refractivity contribution < 1.29 is 9.90 Å². The van der Waals surface area contributed by atoms with E-state index in [0.29, 0.717) is 5.69 Å². The summed E-state index contributed by atoms with van der Waals surface area (Å²) < 4.78 is 1.87. The third kappa shape index (κ3) is 3.27. The molecule has 0 aliphatic rings. The number of carbonyl (C=O) groups excluding carboxylic acids is 1. The van der Waals surface area contributed by atoms with Crippen molar-refractivity contribution in [2.45, 2.75) is 19.8 Å². The molecule has 0 radical (unpaired) electrons. The summed E-state index contributed by atoms with van der Waals surface area (Å²) in [6, 6.07) is 11.5. The fourth-order valence-electron chi connectivity index (χ4n) is 2.12. The first-order valence-corrected chi connectivity index (χ1v) is 6.75. The second-order valence-corrected chi connectivity index (χ2v) is 4.90. The number of amides is 1. The van der Waals surface area contributed by atoms with Gasteiger partial charge in [-0.15, -0.1) is 0 Å². The van der Waals surface area contributed by atoms with Gasteiger partial charge in [-0.05, 0) is 49.6 Å². The van der Waals surface area contributed by atoms with Crippen molar-refractivity contribution >= 4 is 11.6 Å². The lowest BCUT2D eigenvalue weighted by atomic mass is 10.1. The van der Waals surface area contributed by atoms with E-state index in [-0.39, 0.29) is 12.5 Å². The minimum Gasteiger partial charge on any atom is -0.396 e. The van der Waals surface area contributed by atoms with Gasteiger partial charge in [-0.25, -0.2) is 0 Å². The lowest BCUT2D eigenvalue weighted by Gasteiger charge is -2.08. The van der Waals surface area contributed by atoms with Gasteiger partial charge in [0.1, 0.15) is 5.69 Å². The largest absolute Gasteiger partial charge is 0.396 e. The van der Waals surface area contributed by atoms with Crippen LogP contribution >= 0.6 is 0 Å². The van der Waals surface area contributed by atoms with E-state index in [1.807, 2.05) is 54.9 Å². The van der Waals surface area contributed by atoms with Crippen LogP contribution in [0.4, 0.5) is 5.69 Å². The molecule has 1 aromatic carbocycles. The molecule has 0 atom stereocenters. The molecule has 0 saturated carbocycles. The maximum Gasteiger partial charge on any atom is 0.272 e. The third-order valence-corrected chi connectivity index (χ3v) is 3.41. The number of nitrogens with zero attached hydrogens (tertiary/aromatic N) is 1. The highest BCUT2D eigenvalue weighted by atomic mass is 16.2. The van der Waals surface area contributed by atoms with E-state index < -0.39 is 0 Å². The van der Waals surface area contributed by atoms with Crippen LogP contribution in [0, 0.1) is 6.92 Å². The Morgan fingerprint density at radius 3 is 2.75 bits per heavy atom. The Balaban J connectivity index is 2.09. The van der Waals surface area contributed by atoms with Crippen molar-refractivity contribution in [3.05, 3.63) is 53.3 Å². The summed E-state index contributed by atoms with van der Waals surface area (Å²) in [6.45, 7) is 2.14. The number of aliphatic hydroxyl groups is 1. The molecule has 4 nitrogen and oxygen atoms in total. The van der Waals surface area contributed by atoms with Crippen LogP contribution < -0.4 is 5.32 Å². The van der Waals surface area contributed by atoms with E-state index in [1.165, 1.54) is 0 Å². The van der Waals surface area contributed by atoms with Gasteiger partial charge in [-0.3, -0.25) is 4.79 Å². The van der Waals surface area contributed by atoms with Crippen molar-refractivity contribution in [3.8, 4) is 0 Å². The van der Waals surface area contributed by atoms with Crippen LogP contribution in [0.25, 0.3) is 0 Å². The van der Waals surface area contributed by atoms with E-state index in [9.17, 15) is 4.79 Å². The van der Waals surface area contributed by atoms with Crippen molar-refractivity contribution in [1.82, 2.24) is 4.57 Å². The number of nitrogens with one attached hydrogen (secondary N) is 1. The smallest absolute Gasteiger partial charge is 0.272 e. The zero-order valence-corrected chi connectivity index (χ0v) is 11.9. The molecule has 0 bridgehead atoms. The Labute approximate surface area is 119 Å². The predicted molar refractivity (Wildman–Crippen MR) is 80.0 cm³/mol. The molecule has 0 saturated heterocycles. The summed E-state index contributed by atoms with van der Waals surface area (Å²) in [5, 5.41) is 11.8. The number of aromatic nitrogens is 1. The quantitative estimate of drug-likeness (QED) is 0.878. The molecule has 2 aromatic rings. The Bertz CT molecular complexity index is 602. The molecule has 20 heavy (non-hydrogen) atoms. The lowest BCUT2D eigenvalue weighted by molar-refractivity contribution is 0.101. The van der Waals surface area contributed by atoms with Crippen LogP contribution in [0.2, 0.25) is 0 Å². The monoisotopic (exact) mass is 272 g/mol. The van der Waals surface area contributed by atoms with E-state index >= 15 is 0 Å². The standard InChI is InChI=1S/C16H20N2O2/c1-12-8-9-15(18(12)2)16(20)17-14-7-3-5-13(11-14)6-4-10-19/h3,5,7-9,11,19H,4,6,10H2,1-2H3,(H,17,20). The average molecular weight is 272 g/mol. The Morgan fingerprint density at radius 1 is 1.30 bits per heavy atom. The highest BCUT2D eigenvalue weighted by Crippen LogP contribution is 2.14. The van der Waals surface area contributed by atoms with Gasteiger partial charge in [0.05, 0.1) is 0 Å². The van der Waals surface area contributed by atoms with Crippen LogP contribution in [0.1, 0.15) is 28.2 Å². The zero-order valence-electron chi connectivity index (χ0n) is 11.9. The van der Waals surface area contributed by atoms with Crippen LogP contribution in [0.15, 0.2) is 36.4 Å². The number of anilines is 1. The second kappa shape index (κ2) is 6.39. The predicted octanol–water partition coefficient (Wildman–Crippen LogP) is 2.51. The van der Waals surface area contributed by atoms with Gasteiger partial charge in [0.25, 0.3) is 5.91 Å². The molecule has 1 amide bonds. The van der Waals surface area contributed by atoms with Gasteiger partial charge in [-0.1, -0.05) is 12.1 Å². The van der Waals surface area contributed by atoms with E-state index in [0.717, 1.165) is 29.8 Å². The molecule has 106 valence electrons. The summed E-state index contributed by atoms with van der Waals surface area (Å²) in [5.41, 5.74) is 3.58. The number of hydrogen-bond acceptors (Lipinski definition) is 2. The molecule has 0 fully saturated rings. The first-order valence-electron chi connectivity index (χ1n) is 6.75. The van der Waals surface area contributed by atoms with Gasteiger partial charge in [0, 0.05) is 25.0 Å². The van der Waals surface area contributed by atoms with Gasteiger partial charge in [0.15, 0.2) is 0 Å². The summed E-state index contributed by atoms with van der Waals surface area (Å²) in [6.07, 6.45) is 1.54. The van der Waals surface area contributed by atoms with E-state index in [2.05, 4.69) is 5.32 Å². The Hall–Kier alpha value is -2.07. The number of carbonyl (C=O) groups is 1. The van der Waals surface area contributed by atoms with Gasteiger partial charge < -0.3 is 15.0 Å². The Kier molecular flexibility index (Phi) is 4.58. The number of benzene rings is 1. The number of aryl methyl sites for hydroxylation is 2. The van der Waals surface area contributed by atoms with Crippen LogP contribution in [-0.4, -0.2) is 22.2 Å². The third-order valence-electron chi connectivity index (χ3n) is 3.41. The molecule has 0 aliphatic carbocycles. The molecular formula is C16H20N2O2. The number of rotatable bonds is 5. The summed E-state index contributed by atoms with van der Waals surface area (Å²) in [5.74, 6) is -0.111. The number of aliphatic hydroxyl groups excluding tert-OH is 1. The minimum absolute atomic E-state index is 0.111. The molecular weight excluding hydrogens is 252 g/mol. The van der Waals surface area contributed by atoms with Crippen molar-refractivity contribution in [1.29, 1.82) is 0 Å². The van der Waals surface area contributed by atoms with Crippen LogP contribution in [-0.2, 0) is 13.5 Å².